The number of hydrogen-bond acceptors (Lipinski definition) is 3. The predicted molar refractivity (Wildman–Crippen MR) is 74.6 cm³/mol. The highest BCUT2D eigenvalue weighted by Gasteiger charge is 2.46. The summed E-state index contributed by atoms with van der Waals surface area (Å²) in [6, 6.07) is 7.31. The van der Waals surface area contributed by atoms with Crippen LogP contribution in [-0.2, 0) is 5.54 Å². The lowest BCUT2D eigenvalue weighted by Gasteiger charge is -2.26. The Morgan fingerprint density at radius 3 is 2.42 bits per heavy atom. The fourth-order valence-electron chi connectivity index (χ4n) is 2.01. The molecule has 19 heavy (non-hydrogen) atoms. The summed E-state index contributed by atoms with van der Waals surface area (Å²) in [6.45, 7) is 3.44. The van der Waals surface area contributed by atoms with E-state index in [1.54, 1.807) is 13.8 Å². The second-order valence-corrected chi connectivity index (χ2v) is 5.83. The molecule has 0 bridgehead atoms. The van der Waals surface area contributed by atoms with E-state index in [0.29, 0.717) is 5.69 Å². The first-order valence-electron chi connectivity index (χ1n) is 6.44. The highest BCUT2D eigenvalue weighted by Crippen LogP contribution is 2.45. The van der Waals surface area contributed by atoms with Crippen molar-refractivity contribution in [3.8, 4) is 0 Å². The molecule has 104 valence electrons. The molecule has 0 unspecified atom stereocenters. The van der Waals surface area contributed by atoms with Crippen molar-refractivity contribution in [3.05, 3.63) is 29.8 Å². The third-order valence-corrected chi connectivity index (χ3v) is 3.41. The first kappa shape index (κ1) is 13.7. The fourth-order valence-corrected chi connectivity index (χ4v) is 2.01. The molecule has 5 heteroatoms. The van der Waals surface area contributed by atoms with E-state index in [1.165, 1.54) is 0 Å². The molecule has 0 aliphatic heterocycles. The van der Waals surface area contributed by atoms with Crippen molar-refractivity contribution in [2.75, 3.05) is 12.3 Å². The largest absolute Gasteiger partial charge is 0.399 e. The Balaban J connectivity index is 2.02. The molecule has 5 N–H and O–H groups in total. The SMILES string of the molecule is CC(C)(CO)NC(=O)NC1(c2ccc(N)cc2)CC1. The van der Waals surface area contributed by atoms with Crippen LogP contribution >= 0.6 is 0 Å². The van der Waals surface area contributed by atoms with Gasteiger partial charge in [0, 0.05) is 5.69 Å². The van der Waals surface area contributed by atoms with Crippen LogP contribution in [0.1, 0.15) is 32.3 Å². The molecule has 1 aliphatic rings. The standard InChI is InChI=1S/C14H21N3O2/c1-13(2,9-18)16-12(19)17-14(7-8-14)10-3-5-11(15)6-4-10/h3-6,18H,7-9,15H2,1-2H3,(H2,16,17,19). The van der Waals surface area contributed by atoms with Gasteiger partial charge in [-0.3, -0.25) is 0 Å². The molecular weight excluding hydrogens is 242 g/mol. The molecule has 2 amide bonds. The molecule has 0 saturated heterocycles. The third-order valence-electron chi connectivity index (χ3n) is 3.41. The molecule has 0 radical (unpaired) electrons. The number of aliphatic hydroxyl groups is 1. The van der Waals surface area contributed by atoms with Gasteiger partial charge in [-0.15, -0.1) is 0 Å². The number of urea groups is 1. The molecule has 1 saturated carbocycles. The summed E-state index contributed by atoms with van der Waals surface area (Å²) in [7, 11) is 0. The highest BCUT2D eigenvalue weighted by molar-refractivity contribution is 5.76. The Kier molecular flexibility index (Phi) is 3.41. The van der Waals surface area contributed by atoms with Crippen LogP contribution in [0.25, 0.3) is 0 Å². The number of rotatable bonds is 4. The number of anilines is 1. The molecule has 0 spiro atoms. The Labute approximate surface area is 113 Å². The Hall–Kier alpha value is -1.75. The van der Waals surface area contributed by atoms with Crippen LogP contribution in [0, 0.1) is 0 Å². The molecule has 5 nitrogen and oxygen atoms in total. The fraction of sp³-hybridized carbons (Fsp3) is 0.500. The van der Waals surface area contributed by atoms with E-state index < -0.39 is 5.54 Å². The number of aliphatic hydroxyl groups excluding tert-OH is 1. The van der Waals surface area contributed by atoms with Crippen LogP contribution in [0.15, 0.2) is 24.3 Å². The molecule has 0 aromatic heterocycles. The van der Waals surface area contributed by atoms with Gasteiger partial charge < -0.3 is 21.5 Å². The summed E-state index contributed by atoms with van der Waals surface area (Å²) < 4.78 is 0. The van der Waals surface area contributed by atoms with Crippen LogP contribution < -0.4 is 16.4 Å². The quantitative estimate of drug-likeness (QED) is 0.618. The van der Waals surface area contributed by atoms with Crippen molar-refractivity contribution in [1.82, 2.24) is 10.6 Å². The van der Waals surface area contributed by atoms with Gasteiger partial charge in [0.25, 0.3) is 0 Å². The summed E-state index contributed by atoms with van der Waals surface area (Å²) in [5.41, 5.74) is 6.55. The zero-order chi connectivity index (χ0) is 14.1. The monoisotopic (exact) mass is 263 g/mol. The van der Waals surface area contributed by atoms with Crippen LogP contribution in [-0.4, -0.2) is 23.3 Å². The van der Waals surface area contributed by atoms with Gasteiger partial charge in [-0.1, -0.05) is 12.1 Å². The van der Waals surface area contributed by atoms with Gasteiger partial charge in [0.1, 0.15) is 0 Å². The van der Waals surface area contributed by atoms with Crippen molar-refractivity contribution in [2.24, 2.45) is 0 Å². The summed E-state index contributed by atoms with van der Waals surface area (Å²) in [5, 5.41) is 14.9. The predicted octanol–water partition coefficient (Wildman–Crippen LogP) is 1.33. The maximum atomic E-state index is 12.0. The molecule has 0 atom stereocenters. The average Bonchev–Trinajstić information content (AvgIpc) is 3.10. The van der Waals surface area contributed by atoms with Gasteiger partial charge in [0.2, 0.25) is 0 Å². The minimum absolute atomic E-state index is 0.102. The molecule has 1 fully saturated rings. The topological polar surface area (TPSA) is 87.4 Å². The van der Waals surface area contributed by atoms with Gasteiger partial charge in [-0.2, -0.15) is 0 Å². The normalized spacial score (nSPS) is 16.8. The zero-order valence-electron chi connectivity index (χ0n) is 11.4. The summed E-state index contributed by atoms with van der Waals surface area (Å²) >= 11 is 0. The van der Waals surface area contributed by atoms with E-state index in [2.05, 4.69) is 10.6 Å². The summed E-state index contributed by atoms with van der Waals surface area (Å²) in [4.78, 5) is 12.0. The lowest BCUT2D eigenvalue weighted by Crippen LogP contribution is -2.52. The minimum atomic E-state index is -0.624. The van der Waals surface area contributed by atoms with E-state index in [-0.39, 0.29) is 18.2 Å². The van der Waals surface area contributed by atoms with E-state index in [1.807, 2.05) is 24.3 Å². The average molecular weight is 263 g/mol. The van der Waals surface area contributed by atoms with Crippen molar-refractivity contribution in [2.45, 2.75) is 37.8 Å². The Morgan fingerprint density at radius 1 is 1.37 bits per heavy atom. The smallest absolute Gasteiger partial charge is 0.315 e. The van der Waals surface area contributed by atoms with E-state index in [4.69, 9.17) is 10.8 Å². The highest BCUT2D eigenvalue weighted by atomic mass is 16.3. The van der Waals surface area contributed by atoms with Crippen LogP contribution in [0.3, 0.4) is 0 Å². The number of nitrogens with one attached hydrogen (secondary N) is 2. The third kappa shape index (κ3) is 3.17. The van der Waals surface area contributed by atoms with Gasteiger partial charge >= 0.3 is 6.03 Å². The van der Waals surface area contributed by atoms with Crippen molar-refractivity contribution in [1.29, 1.82) is 0 Å². The number of carbonyl (C=O) groups is 1. The lowest BCUT2D eigenvalue weighted by atomic mass is 10.0. The number of carbonyl (C=O) groups excluding carboxylic acids is 1. The molecular formula is C14H21N3O2. The van der Waals surface area contributed by atoms with Crippen LogP contribution in [0.2, 0.25) is 0 Å². The maximum Gasteiger partial charge on any atom is 0.315 e. The second-order valence-electron chi connectivity index (χ2n) is 5.83. The maximum absolute atomic E-state index is 12.0. The summed E-state index contributed by atoms with van der Waals surface area (Å²) in [5.74, 6) is 0. The van der Waals surface area contributed by atoms with Crippen LogP contribution in [0.5, 0.6) is 0 Å². The van der Waals surface area contributed by atoms with E-state index in [9.17, 15) is 4.79 Å². The first-order chi connectivity index (χ1) is 8.87. The molecule has 1 aliphatic carbocycles. The number of nitrogen functional groups attached to an aromatic ring is 1. The first-order valence-corrected chi connectivity index (χ1v) is 6.44. The number of amides is 2. The number of nitrogens with two attached hydrogens (primary N) is 1. The van der Waals surface area contributed by atoms with Crippen molar-refractivity contribution < 1.29 is 9.90 Å². The molecule has 0 heterocycles. The van der Waals surface area contributed by atoms with E-state index >= 15 is 0 Å². The lowest BCUT2D eigenvalue weighted by molar-refractivity contribution is 0.179. The van der Waals surface area contributed by atoms with Gasteiger partial charge in [0.05, 0.1) is 17.7 Å². The molecule has 1 aromatic carbocycles. The van der Waals surface area contributed by atoms with Crippen molar-refractivity contribution >= 4 is 11.7 Å². The van der Waals surface area contributed by atoms with Gasteiger partial charge in [0.15, 0.2) is 0 Å². The number of benzene rings is 1. The minimum Gasteiger partial charge on any atom is -0.399 e. The van der Waals surface area contributed by atoms with Gasteiger partial charge in [-0.25, -0.2) is 4.79 Å². The Morgan fingerprint density at radius 2 is 1.95 bits per heavy atom. The molecule has 2 rings (SSSR count). The number of hydrogen-bond donors (Lipinski definition) is 4. The van der Waals surface area contributed by atoms with Gasteiger partial charge in [-0.05, 0) is 44.4 Å². The van der Waals surface area contributed by atoms with Crippen LogP contribution in [0.4, 0.5) is 10.5 Å². The van der Waals surface area contributed by atoms with Crippen molar-refractivity contribution in [3.63, 3.8) is 0 Å². The summed E-state index contributed by atoms with van der Waals surface area (Å²) in [6.07, 6.45) is 1.84. The molecule has 1 aromatic rings. The van der Waals surface area contributed by atoms with E-state index in [0.717, 1.165) is 18.4 Å². The zero-order valence-corrected chi connectivity index (χ0v) is 11.4. The second kappa shape index (κ2) is 4.74. The Bertz CT molecular complexity index is 464.